The lowest BCUT2D eigenvalue weighted by atomic mass is 9.91. The minimum absolute atomic E-state index is 0.360. The third-order valence-corrected chi connectivity index (χ3v) is 5.89. The van der Waals surface area contributed by atoms with Crippen molar-refractivity contribution >= 4 is 29.2 Å². The van der Waals surface area contributed by atoms with Gasteiger partial charge < -0.3 is 14.6 Å². The minimum atomic E-state index is -0.827. The summed E-state index contributed by atoms with van der Waals surface area (Å²) in [5, 5.41) is 10.7. The molecule has 0 amide bonds. The number of benzene rings is 2. The molecule has 3 rings (SSSR count). The molecule has 1 saturated heterocycles. The second-order valence-electron chi connectivity index (χ2n) is 6.77. The molecule has 2 atom stereocenters. The number of rotatable bonds is 6. The van der Waals surface area contributed by atoms with Crippen molar-refractivity contribution in [3.63, 3.8) is 0 Å². The third kappa shape index (κ3) is 4.22. The topological polar surface area (TPSA) is 59.0 Å². The van der Waals surface area contributed by atoms with E-state index in [9.17, 15) is 9.90 Å². The summed E-state index contributed by atoms with van der Waals surface area (Å²) in [4.78, 5) is 14.0. The van der Waals surface area contributed by atoms with Gasteiger partial charge in [0, 0.05) is 5.56 Å². The lowest BCUT2D eigenvalue weighted by Crippen LogP contribution is -2.46. The van der Waals surface area contributed by atoms with Gasteiger partial charge in [0.1, 0.15) is 17.5 Å². The lowest BCUT2D eigenvalue weighted by Gasteiger charge is -2.40. The number of aliphatic carboxylic acids is 1. The lowest BCUT2D eigenvalue weighted by molar-refractivity contribution is -0.145. The molecule has 1 heterocycles. The summed E-state index contributed by atoms with van der Waals surface area (Å²) >= 11 is 12.4. The Morgan fingerprint density at radius 1 is 1.11 bits per heavy atom. The number of nitrogens with zero attached hydrogens (tertiary/aromatic N) is 1. The van der Waals surface area contributed by atoms with Gasteiger partial charge in [0.2, 0.25) is 0 Å². The van der Waals surface area contributed by atoms with Crippen LogP contribution in [0.3, 0.4) is 0 Å². The average Bonchev–Trinajstić information content (AvgIpc) is 2.71. The van der Waals surface area contributed by atoms with Gasteiger partial charge in [-0.05, 0) is 55.3 Å². The van der Waals surface area contributed by atoms with Gasteiger partial charge >= 0.3 is 5.97 Å². The van der Waals surface area contributed by atoms with Crippen LogP contribution >= 0.6 is 23.2 Å². The van der Waals surface area contributed by atoms with Crippen molar-refractivity contribution in [2.75, 3.05) is 20.8 Å². The van der Waals surface area contributed by atoms with Crippen molar-refractivity contribution < 1.29 is 19.4 Å². The SMILES string of the molecule is COc1ccc(OC)c(C(c2ccc(Cl)c(Cl)c2)N2CCCCC2C(=O)O)c1. The maximum absolute atomic E-state index is 12.0. The highest BCUT2D eigenvalue weighted by atomic mass is 35.5. The standard InChI is InChI=1S/C21H23Cl2NO4/c1-27-14-7-9-19(28-2)15(12-14)20(13-6-8-16(22)17(23)11-13)24-10-4-3-5-18(24)21(25)26/h6-9,11-12,18,20H,3-5,10H2,1-2H3,(H,25,26). The second kappa shape index (κ2) is 9.03. The van der Waals surface area contributed by atoms with Crippen LogP contribution in [0.4, 0.5) is 0 Å². The quantitative estimate of drug-likeness (QED) is 0.704. The van der Waals surface area contributed by atoms with Gasteiger partial charge in [-0.2, -0.15) is 0 Å². The Hall–Kier alpha value is -1.95. The number of methoxy groups -OCH3 is 2. The molecule has 28 heavy (non-hydrogen) atoms. The molecule has 1 aliphatic rings. The van der Waals surface area contributed by atoms with Crippen LogP contribution in [0.5, 0.6) is 11.5 Å². The molecule has 1 N–H and O–H groups in total. The highest BCUT2D eigenvalue weighted by molar-refractivity contribution is 6.42. The normalized spacial score (nSPS) is 18.5. The maximum Gasteiger partial charge on any atom is 0.320 e. The molecule has 1 fully saturated rings. The first-order valence-corrected chi connectivity index (χ1v) is 9.87. The number of ether oxygens (including phenoxy) is 2. The summed E-state index contributed by atoms with van der Waals surface area (Å²) in [7, 11) is 3.20. The van der Waals surface area contributed by atoms with E-state index < -0.39 is 12.0 Å². The van der Waals surface area contributed by atoms with Crippen LogP contribution in [-0.2, 0) is 4.79 Å². The van der Waals surface area contributed by atoms with E-state index in [4.69, 9.17) is 32.7 Å². The molecule has 2 aromatic rings. The summed E-state index contributed by atoms with van der Waals surface area (Å²) in [6.07, 6.45) is 2.41. The third-order valence-electron chi connectivity index (χ3n) is 5.15. The Labute approximate surface area is 174 Å². The molecule has 0 aliphatic carbocycles. The highest BCUT2D eigenvalue weighted by Gasteiger charge is 2.36. The molecule has 2 aromatic carbocycles. The van der Waals surface area contributed by atoms with E-state index in [1.54, 1.807) is 26.4 Å². The van der Waals surface area contributed by atoms with Crippen LogP contribution in [0.25, 0.3) is 0 Å². The molecule has 1 aliphatic heterocycles. The van der Waals surface area contributed by atoms with Gasteiger partial charge in [-0.25, -0.2) is 0 Å². The molecule has 5 nitrogen and oxygen atoms in total. The van der Waals surface area contributed by atoms with Crippen molar-refractivity contribution in [1.82, 2.24) is 4.90 Å². The van der Waals surface area contributed by atoms with Gasteiger partial charge in [-0.3, -0.25) is 9.69 Å². The number of halogens is 2. The van der Waals surface area contributed by atoms with E-state index in [1.807, 2.05) is 29.2 Å². The molecule has 0 bridgehead atoms. The van der Waals surface area contributed by atoms with E-state index >= 15 is 0 Å². The van der Waals surface area contributed by atoms with E-state index in [-0.39, 0.29) is 6.04 Å². The molecular weight excluding hydrogens is 401 g/mol. The van der Waals surface area contributed by atoms with Crippen LogP contribution in [0, 0.1) is 0 Å². The van der Waals surface area contributed by atoms with Crippen molar-refractivity contribution in [1.29, 1.82) is 0 Å². The number of hydrogen-bond acceptors (Lipinski definition) is 4. The van der Waals surface area contributed by atoms with Crippen molar-refractivity contribution in [3.05, 3.63) is 57.6 Å². The Morgan fingerprint density at radius 3 is 2.54 bits per heavy atom. The number of likely N-dealkylation sites (tertiary alicyclic amines) is 1. The zero-order valence-electron chi connectivity index (χ0n) is 15.8. The average molecular weight is 424 g/mol. The van der Waals surface area contributed by atoms with E-state index in [0.717, 1.165) is 24.0 Å². The summed E-state index contributed by atoms with van der Waals surface area (Å²) in [6.45, 7) is 0.655. The summed E-state index contributed by atoms with van der Waals surface area (Å²) in [5.74, 6) is 0.503. The van der Waals surface area contributed by atoms with Gasteiger partial charge in [-0.15, -0.1) is 0 Å². The number of piperidine rings is 1. The Morgan fingerprint density at radius 2 is 1.89 bits per heavy atom. The Kier molecular flexibility index (Phi) is 6.70. The molecule has 150 valence electrons. The Balaban J connectivity index is 2.19. The number of carbonyl (C=O) groups is 1. The fraction of sp³-hybridized carbons (Fsp3) is 0.381. The van der Waals surface area contributed by atoms with Gasteiger partial charge in [-0.1, -0.05) is 35.7 Å². The van der Waals surface area contributed by atoms with Gasteiger partial charge in [0.05, 0.1) is 30.3 Å². The summed E-state index contributed by atoms with van der Waals surface area (Å²) < 4.78 is 11.0. The molecule has 2 unspecified atom stereocenters. The molecule has 0 spiro atoms. The van der Waals surface area contributed by atoms with Crippen LogP contribution in [-0.4, -0.2) is 42.8 Å². The minimum Gasteiger partial charge on any atom is -0.497 e. The maximum atomic E-state index is 12.0. The molecule has 0 saturated carbocycles. The first-order chi connectivity index (χ1) is 13.5. The monoisotopic (exact) mass is 423 g/mol. The van der Waals surface area contributed by atoms with Crippen LogP contribution in [0.2, 0.25) is 10.0 Å². The van der Waals surface area contributed by atoms with Gasteiger partial charge in [0.25, 0.3) is 0 Å². The van der Waals surface area contributed by atoms with Crippen molar-refractivity contribution in [3.8, 4) is 11.5 Å². The van der Waals surface area contributed by atoms with Crippen LogP contribution in [0.15, 0.2) is 36.4 Å². The van der Waals surface area contributed by atoms with Crippen LogP contribution in [0.1, 0.15) is 36.4 Å². The van der Waals surface area contributed by atoms with E-state index in [2.05, 4.69) is 0 Å². The molecule has 7 heteroatoms. The van der Waals surface area contributed by atoms with E-state index in [1.165, 1.54) is 0 Å². The predicted molar refractivity (Wildman–Crippen MR) is 110 cm³/mol. The second-order valence-corrected chi connectivity index (χ2v) is 7.59. The van der Waals surface area contributed by atoms with E-state index in [0.29, 0.717) is 34.5 Å². The first-order valence-electron chi connectivity index (χ1n) is 9.11. The zero-order chi connectivity index (χ0) is 20.3. The van der Waals surface area contributed by atoms with Gasteiger partial charge in [0.15, 0.2) is 0 Å². The number of hydrogen-bond donors (Lipinski definition) is 1. The largest absolute Gasteiger partial charge is 0.497 e. The zero-order valence-corrected chi connectivity index (χ0v) is 17.3. The molecular formula is C21H23Cl2NO4. The summed E-state index contributed by atoms with van der Waals surface area (Å²) in [6, 6.07) is 9.99. The summed E-state index contributed by atoms with van der Waals surface area (Å²) in [5.41, 5.74) is 1.68. The fourth-order valence-electron chi connectivity index (χ4n) is 3.81. The Bertz CT molecular complexity index is 858. The smallest absolute Gasteiger partial charge is 0.320 e. The number of carboxylic acid groups (broad SMARTS) is 1. The van der Waals surface area contributed by atoms with Crippen molar-refractivity contribution in [2.24, 2.45) is 0 Å². The van der Waals surface area contributed by atoms with Crippen molar-refractivity contribution in [2.45, 2.75) is 31.3 Å². The first kappa shape index (κ1) is 20.8. The predicted octanol–water partition coefficient (Wildman–Crippen LogP) is 5.04. The van der Waals surface area contributed by atoms with Crippen LogP contribution < -0.4 is 9.47 Å². The molecule has 0 aromatic heterocycles. The fourth-order valence-corrected chi connectivity index (χ4v) is 4.12. The number of carboxylic acids is 1. The molecule has 0 radical (unpaired) electrons. The highest BCUT2D eigenvalue weighted by Crippen LogP contribution is 2.41.